The number of ether oxygens (including phenoxy) is 1. The molecular weight excluding hydrogens is 401 g/mol. The third-order valence-corrected chi connectivity index (χ3v) is 4.79. The molecule has 2 heterocycles. The minimum absolute atomic E-state index is 0. The van der Waals surface area contributed by atoms with E-state index in [1.807, 2.05) is 0 Å². The molecule has 2 unspecified atom stereocenters. The smallest absolute Gasteiger partial charge is 0.870 e. The van der Waals surface area contributed by atoms with Crippen molar-refractivity contribution in [2.24, 2.45) is 5.92 Å². The molecule has 0 radical (unpaired) electrons. The van der Waals surface area contributed by atoms with Crippen LogP contribution in [0.2, 0.25) is 0 Å². The van der Waals surface area contributed by atoms with Crippen molar-refractivity contribution in [3.8, 4) is 0 Å². The number of pyridine rings is 1. The average Bonchev–Trinajstić information content (AvgIpc) is 2.60. The maximum absolute atomic E-state index is 12.9. The third kappa shape index (κ3) is 6.72. The Morgan fingerprint density at radius 2 is 1.94 bits per heavy atom. The number of hydrogen-bond donors (Lipinski definition) is 2. The number of aromatic carboxylic acids is 1. The number of carbonyl (C=O) groups is 3. The van der Waals surface area contributed by atoms with E-state index in [9.17, 15) is 24.3 Å². The second kappa shape index (κ2) is 11.2. The fourth-order valence-electron chi connectivity index (χ4n) is 3.41. The maximum Gasteiger partial charge on any atom is 1.00 e. The van der Waals surface area contributed by atoms with Gasteiger partial charge in [0.15, 0.2) is 0 Å². The molecule has 1 aromatic rings. The van der Waals surface area contributed by atoms with Gasteiger partial charge >= 0.3 is 30.9 Å². The summed E-state index contributed by atoms with van der Waals surface area (Å²) in [6.45, 7) is 11.0. The number of aromatic nitrogens is 1. The Bertz CT molecular complexity index is 892. The van der Waals surface area contributed by atoms with Gasteiger partial charge in [-0.1, -0.05) is 6.58 Å². The molecule has 1 fully saturated rings. The molecule has 1 aliphatic heterocycles. The van der Waals surface area contributed by atoms with Crippen molar-refractivity contribution >= 4 is 18.5 Å². The van der Waals surface area contributed by atoms with E-state index >= 15 is 0 Å². The van der Waals surface area contributed by atoms with Crippen molar-refractivity contribution in [1.29, 1.82) is 0 Å². The number of aryl methyl sites for hydroxylation is 1. The van der Waals surface area contributed by atoms with Crippen molar-refractivity contribution in [3.63, 3.8) is 0 Å². The molecule has 166 valence electrons. The van der Waals surface area contributed by atoms with Crippen molar-refractivity contribution in [1.82, 2.24) is 14.8 Å². The van der Waals surface area contributed by atoms with E-state index in [4.69, 9.17) is 4.74 Å². The first-order valence-corrected chi connectivity index (χ1v) is 9.30. The van der Waals surface area contributed by atoms with Crippen LogP contribution in [-0.2, 0) is 9.53 Å². The number of likely N-dealkylation sites (tertiary alicyclic amines) is 1. The zero-order valence-electron chi connectivity index (χ0n) is 18.5. The quantitative estimate of drug-likeness (QED) is 0.455. The SMILES string of the molecule is C=C(NC=O)C1CCN(C(=O)OC(C)(C)C)C(n2c(C)ccc(C(=O)O)c2=O)C1.[Li+].[OH-]. The predicted octanol–water partition coefficient (Wildman–Crippen LogP) is -0.912. The van der Waals surface area contributed by atoms with E-state index in [-0.39, 0.29) is 48.8 Å². The predicted molar refractivity (Wildman–Crippen MR) is 107 cm³/mol. The van der Waals surface area contributed by atoms with Gasteiger partial charge in [0.2, 0.25) is 6.41 Å². The summed E-state index contributed by atoms with van der Waals surface area (Å²) in [5, 5.41) is 11.9. The van der Waals surface area contributed by atoms with Crippen LogP contribution in [0.15, 0.2) is 29.2 Å². The largest absolute Gasteiger partial charge is 1.00 e. The zero-order chi connectivity index (χ0) is 21.9. The fourth-order valence-corrected chi connectivity index (χ4v) is 3.41. The molecule has 2 rings (SSSR count). The van der Waals surface area contributed by atoms with Gasteiger partial charge < -0.3 is 20.6 Å². The minimum Gasteiger partial charge on any atom is -0.870 e. The van der Waals surface area contributed by atoms with Crippen molar-refractivity contribution in [3.05, 3.63) is 46.0 Å². The minimum atomic E-state index is -1.34. The van der Waals surface area contributed by atoms with Crippen LogP contribution in [-0.4, -0.2) is 50.7 Å². The number of amides is 2. The molecule has 0 spiro atoms. The summed E-state index contributed by atoms with van der Waals surface area (Å²) in [7, 11) is 0. The molecular formula is C20H28LiN3O7. The van der Waals surface area contributed by atoms with Gasteiger partial charge in [-0.2, -0.15) is 0 Å². The molecule has 2 atom stereocenters. The monoisotopic (exact) mass is 429 g/mol. The molecule has 1 saturated heterocycles. The summed E-state index contributed by atoms with van der Waals surface area (Å²) >= 11 is 0. The van der Waals surface area contributed by atoms with Crippen molar-refractivity contribution in [2.45, 2.75) is 52.3 Å². The summed E-state index contributed by atoms with van der Waals surface area (Å²) in [6, 6.07) is 2.78. The number of allylic oxidation sites excluding steroid dienone is 1. The summed E-state index contributed by atoms with van der Waals surface area (Å²) in [5.74, 6) is -1.53. The number of piperidine rings is 1. The van der Waals surface area contributed by atoms with Gasteiger partial charge in [0.25, 0.3) is 5.56 Å². The van der Waals surface area contributed by atoms with Crippen LogP contribution in [0.5, 0.6) is 0 Å². The van der Waals surface area contributed by atoms with Gasteiger partial charge in [-0.15, -0.1) is 0 Å². The first-order valence-electron chi connectivity index (χ1n) is 9.30. The summed E-state index contributed by atoms with van der Waals surface area (Å²) < 4.78 is 6.79. The molecule has 0 aromatic carbocycles. The number of nitrogens with one attached hydrogen (secondary N) is 1. The Morgan fingerprint density at radius 3 is 2.45 bits per heavy atom. The van der Waals surface area contributed by atoms with E-state index in [1.54, 1.807) is 27.7 Å². The molecule has 0 bridgehead atoms. The van der Waals surface area contributed by atoms with Gasteiger partial charge in [0.05, 0.1) is 0 Å². The number of hydrogen-bond acceptors (Lipinski definition) is 6. The van der Waals surface area contributed by atoms with Crippen LogP contribution in [0.4, 0.5) is 4.79 Å². The average molecular weight is 429 g/mol. The zero-order valence-corrected chi connectivity index (χ0v) is 18.5. The van der Waals surface area contributed by atoms with Gasteiger partial charge in [0, 0.05) is 23.9 Å². The molecule has 2 amide bonds. The summed E-state index contributed by atoms with van der Waals surface area (Å²) in [5.41, 5.74) is -0.830. The van der Waals surface area contributed by atoms with E-state index in [0.29, 0.717) is 24.2 Å². The van der Waals surface area contributed by atoms with Gasteiger partial charge in [-0.05, 0) is 52.7 Å². The number of nitrogens with zero attached hydrogens (tertiary/aromatic N) is 2. The Hall–Kier alpha value is -2.54. The standard InChI is InChI=1S/C20H27N3O6.Li.H2O/c1-12-6-7-15(18(26)27)17(25)23(12)16-10-14(13(2)21-11-24)8-9-22(16)19(28)29-20(3,4)5;;/h6-7,11,14,16H,2,8-10H2,1,3-5H3,(H,21,24)(H,26,27);;1H2/q;+1;/p-1. The fraction of sp³-hybridized carbons (Fsp3) is 0.500. The Balaban J connectivity index is 0.00000450. The topological polar surface area (TPSA) is 148 Å². The Morgan fingerprint density at radius 1 is 1.32 bits per heavy atom. The van der Waals surface area contributed by atoms with Crippen LogP contribution in [0.3, 0.4) is 0 Å². The molecule has 31 heavy (non-hydrogen) atoms. The first kappa shape index (κ1) is 28.5. The molecule has 0 saturated carbocycles. The number of carboxylic acid groups (broad SMARTS) is 1. The summed E-state index contributed by atoms with van der Waals surface area (Å²) in [4.78, 5) is 49.4. The van der Waals surface area contributed by atoms with Crippen LogP contribution in [0, 0.1) is 12.8 Å². The number of carboxylic acids is 1. The molecule has 0 aliphatic carbocycles. The van der Waals surface area contributed by atoms with Crippen LogP contribution >= 0.6 is 0 Å². The van der Waals surface area contributed by atoms with E-state index < -0.39 is 29.4 Å². The molecule has 11 heteroatoms. The molecule has 3 N–H and O–H groups in total. The second-order valence-electron chi connectivity index (χ2n) is 8.03. The normalized spacial score (nSPS) is 18.1. The Kier molecular flexibility index (Phi) is 10.3. The molecule has 10 nitrogen and oxygen atoms in total. The molecule has 1 aliphatic rings. The van der Waals surface area contributed by atoms with Gasteiger partial charge in [-0.25, -0.2) is 9.59 Å². The first-order chi connectivity index (χ1) is 13.5. The number of rotatable bonds is 5. The Labute approximate surface area is 192 Å². The van der Waals surface area contributed by atoms with Crippen LogP contribution in [0.25, 0.3) is 0 Å². The third-order valence-electron chi connectivity index (χ3n) is 4.79. The molecule has 1 aromatic heterocycles. The summed E-state index contributed by atoms with van der Waals surface area (Å²) in [6.07, 6.45) is -0.0486. The van der Waals surface area contributed by atoms with Crippen LogP contribution < -0.4 is 29.7 Å². The number of carbonyl (C=O) groups excluding carboxylic acids is 2. The second-order valence-corrected chi connectivity index (χ2v) is 8.03. The van der Waals surface area contributed by atoms with Gasteiger partial charge in [-0.3, -0.25) is 19.1 Å². The van der Waals surface area contributed by atoms with Crippen molar-refractivity contribution in [2.75, 3.05) is 6.54 Å². The van der Waals surface area contributed by atoms with E-state index in [0.717, 1.165) is 0 Å². The van der Waals surface area contributed by atoms with E-state index in [2.05, 4.69) is 11.9 Å². The van der Waals surface area contributed by atoms with Gasteiger partial charge in [0.1, 0.15) is 17.3 Å². The van der Waals surface area contributed by atoms with Crippen molar-refractivity contribution < 1.29 is 48.6 Å². The maximum atomic E-state index is 12.9. The van der Waals surface area contributed by atoms with Crippen LogP contribution in [0.1, 0.15) is 55.8 Å². The van der Waals surface area contributed by atoms with E-state index in [1.165, 1.54) is 21.6 Å².